The topological polar surface area (TPSA) is 57.3 Å². The van der Waals surface area contributed by atoms with E-state index in [-0.39, 0.29) is 5.63 Å². The van der Waals surface area contributed by atoms with Crippen LogP contribution in [0.15, 0.2) is 56.8 Å². The lowest BCUT2D eigenvalue weighted by molar-refractivity contribution is 0.186. The number of hydrogen-bond acceptors (Lipinski definition) is 5. The molecule has 28 heavy (non-hydrogen) atoms. The molecule has 0 saturated carbocycles. The number of thioether (sulfide) groups is 1. The van der Waals surface area contributed by atoms with E-state index >= 15 is 0 Å². The third-order valence-corrected chi connectivity index (χ3v) is 6.04. The summed E-state index contributed by atoms with van der Waals surface area (Å²) in [4.78, 5) is 16.9. The molecule has 2 aromatic carbocycles. The Hall–Kier alpha value is -2.57. The first-order valence-electron chi connectivity index (χ1n) is 9.18. The van der Waals surface area contributed by atoms with Crippen LogP contribution in [0.25, 0.3) is 22.0 Å². The summed E-state index contributed by atoms with van der Waals surface area (Å²) in [6, 6.07) is 13.8. The van der Waals surface area contributed by atoms with Crippen molar-refractivity contribution in [3.05, 3.63) is 69.6 Å². The maximum Gasteiger partial charge on any atom is 0.336 e. The first kappa shape index (κ1) is 18.8. The fourth-order valence-corrected chi connectivity index (χ4v) is 4.38. The zero-order valence-electron chi connectivity index (χ0n) is 16.2. The summed E-state index contributed by atoms with van der Waals surface area (Å²) in [7, 11) is 1.70. The highest BCUT2D eigenvalue weighted by molar-refractivity contribution is 7.98. The molecule has 0 unspecified atom stereocenters. The molecule has 2 heterocycles. The van der Waals surface area contributed by atoms with E-state index in [0.717, 1.165) is 44.8 Å². The smallest absolute Gasteiger partial charge is 0.336 e. The molecule has 0 radical (unpaired) electrons. The van der Waals surface area contributed by atoms with Crippen LogP contribution in [0.3, 0.4) is 0 Å². The van der Waals surface area contributed by atoms with Crippen LogP contribution in [0.2, 0.25) is 0 Å². The average Bonchev–Trinajstić information content (AvgIpc) is 3.05. The minimum absolute atomic E-state index is 0.315. The van der Waals surface area contributed by atoms with E-state index in [4.69, 9.17) is 14.1 Å². The highest BCUT2D eigenvalue weighted by Gasteiger charge is 2.14. The molecule has 0 atom stereocenters. The summed E-state index contributed by atoms with van der Waals surface area (Å²) in [5.74, 6) is 0.640. The standard InChI is InChI=1S/C22H22N2O3S/c1-14-8-9-17-16(12-20(25)27-21(17)15(14)2)13-28-22-23-18-6-4-5-7-19(18)24(22)10-11-26-3/h4-9,12H,10-11,13H2,1-3H3. The summed E-state index contributed by atoms with van der Waals surface area (Å²) in [5, 5.41) is 1.90. The number of nitrogens with zero attached hydrogens (tertiary/aromatic N) is 2. The number of aryl methyl sites for hydroxylation is 2. The van der Waals surface area contributed by atoms with Gasteiger partial charge in [-0.25, -0.2) is 9.78 Å². The van der Waals surface area contributed by atoms with Crippen molar-refractivity contribution >= 4 is 33.8 Å². The fourth-order valence-electron chi connectivity index (χ4n) is 3.35. The van der Waals surface area contributed by atoms with Crippen molar-refractivity contribution in [1.29, 1.82) is 0 Å². The van der Waals surface area contributed by atoms with Crippen molar-refractivity contribution in [2.24, 2.45) is 0 Å². The number of hydrogen-bond donors (Lipinski definition) is 0. The van der Waals surface area contributed by atoms with Gasteiger partial charge in [-0.2, -0.15) is 0 Å². The van der Waals surface area contributed by atoms with Crippen molar-refractivity contribution in [1.82, 2.24) is 9.55 Å². The predicted octanol–water partition coefficient (Wildman–Crippen LogP) is 4.70. The molecule has 6 heteroatoms. The van der Waals surface area contributed by atoms with Crippen LogP contribution >= 0.6 is 11.8 Å². The quantitative estimate of drug-likeness (QED) is 0.350. The number of methoxy groups -OCH3 is 1. The molecule has 0 fully saturated rings. The van der Waals surface area contributed by atoms with Gasteiger partial charge >= 0.3 is 5.63 Å². The first-order valence-corrected chi connectivity index (χ1v) is 10.2. The Labute approximate surface area is 167 Å². The van der Waals surface area contributed by atoms with Gasteiger partial charge in [0, 0.05) is 30.9 Å². The number of aromatic nitrogens is 2. The van der Waals surface area contributed by atoms with Crippen molar-refractivity contribution < 1.29 is 9.15 Å². The number of ether oxygens (including phenoxy) is 1. The first-order chi connectivity index (χ1) is 13.6. The second-order valence-corrected chi connectivity index (χ2v) is 7.73. The third kappa shape index (κ3) is 3.45. The van der Waals surface area contributed by atoms with Gasteiger partial charge in [0.05, 0.1) is 17.6 Å². The predicted molar refractivity (Wildman–Crippen MR) is 113 cm³/mol. The molecule has 0 aliphatic rings. The average molecular weight is 394 g/mol. The lowest BCUT2D eigenvalue weighted by Gasteiger charge is -2.10. The molecule has 0 saturated heterocycles. The molecule has 0 bridgehead atoms. The van der Waals surface area contributed by atoms with Crippen LogP contribution in [-0.2, 0) is 17.0 Å². The van der Waals surface area contributed by atoms with Gasteiger partial charge in [-0.15, -0.1) is 0 Å². The molecule has 0 amide bonds. The Morgan fingerprint density at radius 2 is 2.00 bits per heavy atom. The van der Waals surface area contributed by atoms with Crippen molar-refractivity contribution in [3.63, 3.8) is 0 Å². The number of fused-ring (bicyclic) bond motifs is 2. The molecule has 4 aromatic rings. The molecule has 144 valence electrons. The molecule has 0 aliphatic heterocycles. The van der Waals surface area contributed by atoms with Crippen LogP contribution < -0.4 is 5.63 Å². The van der Waals surface area contributed by atoms with E-state index in [2.05, 4.69) is 16.7 Å². The van der Waals surface area contributed by atoms with Gasteiger partial charge in [0.2, 0.25) is 0 Å². The zero-order valence-corrected chi connectivity index (χ0v) is 17.0. The summed E-state index contributed by atoms with van der Waals surface area (Å²) < 4.78 is 12.9. The van der Waals surface area contributed by atoms with E-state index in [1.54, 1.807) is 24.9 Å². The van der Waals surface area contributed by atoms with E-state index < -0.39 is 0 Å². The Kier molecular flexibility index (Phi) is 5.24. The Morgan fingerprint density at radius 1 is 1.18 bits per heavy atom. The molecule has 0 N–H and O–H groups in total. The minimum Gasteiger partial charge on any atom is -0.422 e. The van der Waals surface area contributed by atoms with E-state index in [1.807, 2.05) is 38.1 Å². The lowest BCUT2D eigenvalue weighted by atomic mass is 10.0. The van der Waals surface area contributed by atoms with Crippen LogP contribution in [0, 0.1) is 13.8 Å². The molecule has 5 nitrogen and oxygen atoms in total. The maximum atomic E-state index is 12.1. The van der Waals surface area contributed by atoms with Gasteiger partial charge in [-0.05, 0) is 42.7 Å². The molecular formula is C22H22N2O3S. The van der Waals surface area contributed by atoms with Gasteiger partial charge in [0.1, 0.15) is 5.58 Å². The maximum absolute atomic E-state index is 12.1. The number of benzene rings is 2. The van der Waals surface area contributed by atoms with Crippen molar-refractivity contribution in [3.8, 4) is 0 Å². The summed E-state index contributed by atoms with van der Waals surface area (Å²) in [5.41, 5.74) is 5.50. The van der Waals surface area contributed by atoms with Gasteiger partial charge < -0.3 is 13.7 Å². The molecule has 4 rings (SSSR count). The molecule has 2 aromatic heterocycles. The van der Waals surface area contributed by atoms with E-state index in [1.165, 1.54) is 0 Å². The lowest BCUT2D eigenvalue weighted by Crippen LogP contribution is -2.06. The van der Waals surface area contributed by atoms with Gasteiger partial charge in [0.25, 0.3) is 0 Å². The van der Waals surface area contributed by atoms with Gasteiger partial charge in [-0.1, -0.05) is 36.0 Å². The molecular weight excluding hydrogens is 372 g/mol. The van der Waals surface area contributed by atoms with Crippen LogP contribution in [0.4, 0.5) is 0 Å². The van der Waals surface area contributed by atoms with Crippen LogP contribution in [0.1, 0.15) is 16.7 Å². The summed E-state index contributed by atoms with van der Waals surface area (Å²) in [6.45, 7) is 5.36. The Bertz CT molecular complexity index is 1210. The number of para-hydroxylation sites is 2. The van der Waals surface area contributed by atoms with Crippen LogP contribution in [0.5, 0.6) is 0 Å². The summed E-state index contributed by atoms with van der Waals surface area (Å²) in [6.07, 6.45) is 0. The summed E-state index contributed by atoms with van der Waals surface area (Å²) >= 11 is 1.63. The highest BCUT2D eigenvalue weighted by Crippen LogP contribution is 2.30. The Morgan fingerprint density at radius 3 is 2.82 bits per heavy atom. The molecule has 0 aliphatic carbocycles. The zero-order chi connectivity index (χ0) is 19.7. The number of imidazole rings is 1. The minimum atomic E-state index is -0.315. The van der Waals surface area contributed by atoms with Gasteiger partial charge in [-0.3, -0.25) is 0 Å². The van der Waals surface area contributed by atoms with E-state index in [9.17, 15) is 4.79 Å². The van der Waals surface area contributed by atoms with Crippen LogP contribution in [-0.4, -0.2) is 23.3 Å². The second kappa shape index (κ2) is 7.81. The normalized spacial score (nSPS) is 11.5. The fraction of sp³-hybridized carbons (Fsp3) is 0.273. The highest BCUT2D eigenvalue weighted by atomic mass is 32.2. The second-order valence-electron chi connectivity index (χ2n) is 6.79. The van der Waals surface area contributed by atoms with Crippen molar-refractivity contribution in [2.45, 2.75) is 31.3 Å². The largest absolute Gasteiger partial charge is 0.422 e. The third-order valence-electron chi connectivity index (χ3n) is 5.01. The number of rotatable bonds is 6. The van der Waals surface area contributed by atoms with Crippen molar-refractivity contribution in [2.75, 3.05) is 13.7 Å². The molecule has 0 spiro atoms. The monoisotopic (exact) mass is 394 g/mol. The van der Waals surface area contributed by atoms with E-state index in [0.29, 0.717) is 17.9 Å². The SMILES string of the molecule is COCCn1c(SCc2cc(=O)oc3c(C)c(C)ccc23)nc2ccccc21. The van der Waals surface area contributed by atoms with Gasteiger partial charge in [0.15, 0.2) is 5.16 Å². The Balaban J connectivity index is 1.72.